The summed E-state index contributed by atoms with van der Waals surface area (Å²) in [6.07, 6.45) is 1.39. The third kappa shape index (κ3) is 6.90. The molecule has 0 fully saturated rings. The monoisotopic (exact) mass is 399 g/mol. The maximum Gasteiger partial charge on any atom is 0.355 e. The number of carbonyl (C=O) groups excluding carboxylic acids is 4. The Balaban J connectivity index is 1.91. The van der Waals surface area contributed by atoms with Gasteiger partial charge in [-0.05, 0) is 23.8 Å². The molecule has 0 saturated carbocycles. The van der Waals surface area contributed by atoms with E-state index in [0.29, 0.717) is 5.56 Å². The van der Waals surface area contributed by atoms with Crippen LogP contribution in [0.25, 0.3) is 6.08 Å². The number of ether oxygens (including phenoxy) is 1. The highest BCUT2D eigenvalue weighted by Gasteiger charge is 2.16. The van der Waals surface area contributed by atoms with Crippen LogP contribution in [0.15, 0.2) is 60.3 Å². The summed E-state index contributed by atoms with van der Waals surface area (Å²) in [5, 5.41) is 2.33. The van der Waals surface area contributed by atoms with Gasteiger partial charge in [0.1, 0.15) is 11.5 Å². The normalized spacial score (nSPS) is 10.6. The average molecular weight is 399 g/mol. The summed E-state index contributed by atoms with van der Waals surface area (Å²) >= 11 is 0. The summed E-state index contributed by atoms with van der Waals surface area (Å²) in [4.78, 5) is 47.1. The minimum Gasteiger partial charge on any atom is -0.451 e. The van der Waals surface area contributed by atoms with Gasteiger partial charge in [0.2, 0.25) is 5.91 Å². The van der Waals surface area contributed by atoms with Crippen molar-refractivity contribution in [1.29, 1.82) is 0 Å². The molecule has 0 unspecified atom stereocenters. The number of hydrogen-bond acceptors (Lipinski definition) is 5. The summed E-state index contributed by atoms with van der Waals surface area (Å²) in [7, 11) is 0. The van der Waals surface area contributed by atoms with E-state index in [4.69, 9.17) is 4.74 Å². The van der Waals surface area contributed by atoms with Gasteiger partial charge in [0, 0.05) is 6.92 Å². The Labute approximate surface area is 165 Å². The zero-order valence-electron chi connectivity index (χ0n) is 15.4. The SMILES string of the molecule is CC(=O)N/C(=C\c1ccccc1)C(=O)OCC(=O)NNC(=O)c1ccccc1F. The highest BCUT2D eigenvalue weighted by atomic mass is 19.1. The first-order chi connectivity index (χ1) is 13.9. The van der Waals surface area contributed by atoms with E-state index in [0.717, 1.165) is 6.07 Å². The molecule has 2 aromatic carbocycles. The van der Waals surface area contributed by atoms with Crippen LogP contribution in [-0.2, 0) is 19.1 Å². The zero-order valence-corrected chi connectivity index (χ0v) is 15.4. The van der Waals surface area contributed by atoms with Crippen LogP contribution in [0.3, 0.4) is 0 Å². The second kappa shape index (κ2) is 10.4. The molecule has 0 saturated heterocycles. The van der Waals surface area contributed by atoms with Crippen molar-refractivity contribution in [3.8, 4) is 0 Å². The van der Waals surface area contributed by atoms with Gasteiger partial charge in [-0.25, -0.2) is 9.18 Å². The van der Waals surface area contributed by atoms with Crippen molar-refractivity contribution in [2.45, 2.75) is 6.92 Å². The minimum atomic E-state index is -0.945. The molecule has 0 spiro atoms. The summed E-state index contributed by atoms with van der Waals surface area (Å²) in [5.74, 6) is -3.92. The number of amides is 3. The molecule has 0 radical (unpaired) electrons. The molecular weight excluding hydrogens is 381 g/mol. The topological polar surface area (TPSA) is 114 Å². The van der Waals surface area contributed by atoms with Crippen LogP contribution < -0.4 is 16.2 Å². The molecule has 9 heteroatoms. The molecule has 0 aliphatic carbocycles. The Kier molecular flexibility index (Phi) is 7.60. The highest BCUT2D eigenvalue weighted by Crippen LogP contribution is 2.07. The average Bonchev–Trinajstić information content (AvgIpc) is 2.70. The van der Waals surface area contributed by atoms with Crippen LogP contribution in [0.4, 0.5) is 4.39 Å². The first-order valence-electron chi connectivity index (χ1n) is 8.42. The van der Waals surface area contributed by atoms with Gasteiger partial charge in [0.25, 0.3) is 11.8 Å². The fourth-order valence-electron chi connectivity index (χ4n) is 2.14. The molecule has 0 aliphatic heterocycles. The number of esters is 1. The molecule has 8 nitrogen and oxygen atoms in total. The second-order valence-electron chi connectivity index (χ2n) is 5.71. The molecule has 3 amide bonds. The van der Waals surface area contributed by atoms with Gasteiger partial charge in [-0.1, -0.05) is 42.5 Å². The van der Waals surface area contributed by atoms with E-state index < -0.39 is 36.1 Å². The molecule has 0 atom stereocenters. The van der Waals surface area contributed by atoms with E-state index in [-0.39, 0.29) is 11.3 Å². The molecule has 0 heterocycles. The van der Waals surface area contributed by atoms with Gasteiger partial charge in [-0.3, -0.25) is 25.2 Å². The van der Waals surface area contributed by atoms with E-state index >= 15 is 0 Å². The number of carbonyl (C=O) groups is 4. The predicted octanol–water partition coefficient (Wildman–Crippen LogP) is 1.31. The van der Waals surface area contributed by atoms with Crippen molar-refractivity contribution in [3.63, 3.8) is 0 Å². The van der Waals surface area contributed by atoms with Crippen LogP contribution in [0.5, 0.6) is 0 Å². The third-order valence-electron chi connectivity index (χ3n) is 3.41. The Bertz CT molecular complexity index is 944. The molecule has 0 bridgehead atoms. The molecule has 2 aromatic rings. The molecular formula is C20H18FN3O5. The van der Waals surface area contributed by atoms with Gasteiger partial charge in [0.05, 0.1) is 5.56 Å². The fraction of sp³-hybridized carbons (Fsp3) is 0.100. The smallest absolute Gasteiger partial charge is 0.355 e. The number of halogens is 1. The molecule has 29 heavy (non-hydrogen) atoms. The maximum atomic E-state index is 13.5. The fourth-order valence-corrected chi connectivity index (χ4v) is 2.14. The summed E-state index contributed by atoms with van der Waals surface area (Å²) in [5.41, 5.74) is 4.23. The lowest BCUT2D eigenvalue weighted by atomic mass is 10.2. The Morgan fingerprint density at radius 3 is 2.28 bits per heavy atom. The quantitative estimate of drug-likeness (QED) is 0.385. The largest absolute Gasteiger partial charge is 0.451 e. The van der Waals surface area contributed by atoms with Crippen molar-refractivity contribution in [3.05, 3.63) is 77.2 Å². The van der Waals surface area contributed by atoms with E-state index in [1.54, 1.807) is 30.3 Å². The maximum absolute atomic E-state index is 13.5. The molecule has 0 aromatic heterocycles. The number of hydrogen-bond donors (Lipinski definition) is 3. The Hall–Kier alpha value is -4.01. The lowest BCUT2D eigenvalue weighted by Crippen LogP contribution is -2.44. The van der Waals surface area contributed by atoms with E-state index in [9.17, 15) is 23.6 Å². The molecule has 150 valence electrons. The zero-order chi connectivity index (χ0) is 21.2. The van der Waals surface area contributed by atoms with E-state index in [1.165, 1.54) is 31.2 Å². The summed E-state index contributed by atoms with van der Waals surface area (Å²) in [6, 6.07) is 13.9. The third-order valence-corrected chi connectivity index (χ3v) is 3.41. The van der Waals surface area contributed by atoms with Gasteiger partial charge >= 0.3 is 5.97 Å². The Morgan fingerprint density at radius 2 is 1.62 bits per heavy atom. The molecule has 3 N–H and O–H groups in total. The molecule has 2 rings (SSSR count). The first-order valence-corrected chi connectivity index (χ1v) is 8.42. The van der Waals surface area contributed by atoms with Crippen molar-refractivity contribution in [2.24, 2.45) is 0 Å². The second-order valence-corrected chi connectivity index (χ2v) is 5.71. The van der Waals surface area contributed by atoms with E-state index in [1.807, 2.05) is 10.9 Å². The van der Waals surface area contributed by atoms with Crippen LogP contribution in [0, 0.1) is 5.82 Å². The van der Waals surface area contributed by atoms with Gasteiger partial charge in [-0.2, -0.15) is 0 Å². The van der Waals surface area contributed by atoms with Crippen molar-refractivity contribution >= 4 is 29.8 Å². The van der Waals surface area contributed by atoms with Crippen LogP contribution >= 0.6 is 0 Å². The van der Waals surface area contributed by atoms with Crippen molar-refractivity contribution in [1.82, 2.24) is 16.2 Å². The standard InChI is InChI=1S/C20H18FN3O5/c1-13(25)22-17(11-14-7-3-2-4-8-14)20(28)29-12-18(26)23-24-19(27)15-9-5-6-10-16(15)21/h2-11H,12H2,1H3,(H,22,25)(H,23,26)(H,24,27)/b17-11-. The summed E-state index contributed by atoms with van der Waals surface area (Å²) < 4.78 is 18.3. The van der Waals surface area contributed by atoms with Crippen LogP contribution in [0.2, 0.25) is 0 Å². The van der Waals surface area contributed by atoms with Crippen molar-refractivity contribution in [2.75, 3.05) is 6.61 Å². The van der Waals surface area contributed by atoms with Crippen LogP contribution in [0.1, 0.15) is 22.8 Å². The Morgan fingerprint density at radius 1 is 0.966 bits per heavy atom. The number of rotatable bonds is 6. The minimum absolute atomic E-state index is 0.160. The van der Waals surface area contributed by atoms with Gasteiger partial charge < -0.3 is 10.1 Å². The van der Waals surface area contributed by atoms with Crippen molar-refractivity contribution < 1.29 is 28.3 Å². The number of nitrogens with one attached hydrogen (secondary N) is 3. The van der Waals surface area contributed by atoms with Gasteiger partial charge in [0.15, 0.2) is 6.61 Å². The number of hydrazine groups is 1. The highest BCUT2D eigenvalue weighted by molar-refractivity contribution is 5.99. The lowest BCUT2D eigenvalue weighted by molar-refractivity contribution is -0.145. The van der Waals surface area contributed by atoms with E-state index in [2.05, 4.69) is 5.32 Å². The molecule has 0 aliphatic rings. The predicted molar refractivity (Wildman–Crippen MR) is 101 cm³/mol. The summed E-state index contributed by atoms with van der Waals surface area (Å²) in [6.45, 7) is 0.485. The lowest BCUT2D eigenvalue weighted by Gasteiger charge is -2.10. The number of benzene rings is 2. The van der Waals surface area contributed by atoms with Crippen LogP contribution in [-0.4, -0.2) is 30.3 Å². The van der Waals surface area contributed by atoms with Gasteiger partial charge in [-0.15, -0.1) is 0 Å². The first kappa shape index (κ1) is 21.3.